The van der Waals surface area contributed by atoms with Crippen LogP contribution >= 0.6 is 0 Å². The Bertz CT molecular complexity index is 538. The minimum Gasteiger partial charge on any atom is -0.479 e. The number of nitrogens with zero attached hydrogens (tertiary/aromatic N) is 1. The first-order valence-corrected chi connectivity index (χ1v) is 6.95. The minimum atomic E-state index is -1.23. The zero-order chi connectivity index (χ0) is 15.0. The van der Waals surface area contributed by atoms with E-state index in [1.54, 1.807) is 6.92 Å². The number of amides is 1. The molecule has 0 fully saturated rings. The van der Waals surface area contributed by atoms with Crippen LogP contribution in [0, 0.1) is 0 Å². The lowest BCUT2D eigenvalue weighted by atomic mass is 9.65. The number of carbonyl (C=O) groups is 2. The van der Waals surface area contributed by atoms with E-state index in [2.05, 4.69) is 13.8 Å². The van der Waals surface area contributed by atoms with Gasteiger partial charge in [-0.05, 0) is 36.3 Å². The van der Waals surface area contributed by atoms with Gasteiger partial charge in [0.25, 0.3) is 0 Å². The number of benzene rings is 1. The number of carboxylic acid groups (broad SMARTS) is 1. The van der Waals surface area contributed by atoms with Gasteiger partial charge in [0.1, 0.15) is 0 Å². The van der Waals surface area contributed by atoms with E-state index in [1.807, 2.05) is 24.3 Å². The number of likely N-dealkylation sites (N-methyl/N-ethyl adjacent to an activating group) is 1. The monoisotopic (exact) mass is 275 g/mol. The maximum absolute atomic E-state index is 12.0. The highest BCUT2D eigenvalue weighted by molar-refractivity contribution is 5.84. The molecule has 2 rings (SSSR count). The second kappa shape index (κ2) is 4.93. The molecule has 20 heavy (non-hydrogen) atoms. The minimum absolute atomic E-state index is 0.0716. The number of hydrogen-bond acceptors (Lipinski definition) is 2. The largest absolute Gasteiger partial charge is 0.479 e. The lowest BCUT2D eigenvalue weighted by Crippen LogP contribution is -2.55. The molecule has 1 aromatic carbocycles. The predicted molar refractivity (Wildman–Crippen MR) is 76.5 cm³/mol. The van der Waals surface area contributed by atoms with Crippen molar-refractivity contribution in [1.82, 2.24) is 4.90 Å². The number of carbonyl (C=O) groups excluding carboxylic acids is 1. The van der Waals surface area contributed by atoms with Crippen LogP contribution in [0.15, 0.2) is 24.3 Å². The van der Waals surface area contributed by atoms with Gasteiger partial charge in [-0.1, -0.05) is 38.1 Å². The molecule has 108 valence electrons. The summed E-state index contributed by atoms with van der Waals surface area (Å²) >= 11 is 0. The summed E-state index contributed by atoms with van der Waals surface area (Å²) in [6, 6.07) is 7.59. The van der Waals surface area contributed by atoms with Crippen molar-refractivity contribution in [2.75, 3.05) is 6.54 Å². The van der Waals surface area contributed by atoms with E-state index in [9.17, 15) is 14.7 Å². The standard InChI is InChI=1S/C16H21NO3/c1-4-17(11-18)16(14(19)20)10-9-15(2,3)12-7-5-6-8-13(12)16/h5-8,11H,4,9-10H2,1-3H3,(H,19,20). The summed E-state index contributed by atoms with van der Waals surface area (Å²) < 4.78 is 0. The van der Waals surface area contributed by atoms with Gasteiger partial charge in [0, 0.05) is 6.54 Å². The maximum atomic E-state index is 12.0. The fraction of sp³-hybridized carbons (Fsp3) is 0.500. The molecule has 0 bridgehead atoms. The zero-order valence-electron chi connectivity index (χ0n) is 12.2. The Hall–Kier alpha value is -1.84. The van der Waals surface area contributed by atoms with Crippen LogP contribution in [-0.2, 0) is 20.5 Å². The second-order valence-corrected chi connectivity index (χ2v) is 5.99. The summed E-state index contributed by atoms with van der Waals surface area (Å²) in [7, 11) is 0. The molecule has 1 aromatic rings. The lowest BCUT2D eigenvalue weighted by molar-refractivity contribution is -0.157. The summed E-state index contributed by atoms with van der Waals surface area (Å²) in [6.07, 6.45) is 1.84. The summed E-state index contributed by atoms with van der Waals surface area (Å²) in [5, 5.41) is 9.84. The van der Waals surface area contributed by atoms with Gasteiger partial charge in [0.2, 0.25) is 6.41 Å². The topological polar surface area (TPSA) is 57.6 Å². The molecule has 0 aliphatic heterocycles. The van der Waals surface area contributed by atoms with Crippen molar-refractivity contribution in [3.05, 3.63) is 35.4 Å². The van der Waals surface area contributed by atoms with Crippen LogP contribution in [-0.4, -0.2) is 28.9 Å². The van der Waals surface area contributed by atoms with Crippen molar-refractivity contribution >= 4 is 12.4 Å². The molecular formula is C16H21NO3. The number of fused-ring (bicyclic) bond motifs is 1. The van der Waals surface area contributed by atoms with Crippen molar-refractivity contribution in [1.29, 1.82) is 0 Å². The van der Waals surface area contributed by atoms with Gasteiger partial charge in [0.15, 0.2) is 5.54 Å². The molecule has 1 atom stereocenters. The molecule has 4 heteroatoms. The molecule has 0 spiro atoms. The molecule has 1 aliphatic carbocycles. The summed E-state index contributed by atoms with van der Waals surface area (Å²) in [6.45, 7) is 6.43. The summed E-state index contributed by atoms with van der Waals surface area (Å²) in [5.41, 5.74) is 0.465. The molecule has 0 saturated heterocycles. The number of aliphatic carboxylic acids is 1. The Morgan fingerprint density at radius 1 is 1.30 bits per heavy atom. The second-order valence-electron chi connectivity index (χ2n) is 5.99. The molecule has 0 radical (unpaired) electrons. The molecular weight excluding hydrogens is 254 g/mol. The Morgan fingerprint density at radius 2 is 1.90 bits per heavy atom. The van der Waals surface area contributed by atoms with Crippen LogP contribution in [0.2, 0.25) is 0 Å². The maximum Gasteiger partial charge on any atom is 0.334 e. The number of carboxylic acids is 1. The highest BCUT2D eigenvalue weighted by Crippen LogP contribution is 2.47. The molecule has 0 heterocycles. The average Bonchev–Trinajstić information content (AvgIpc) is 2.42. The fourth-order valence-electron chi connectivity index (χ4n) is 3.27. The molecule has 1 unspecified atom stereocenters. The molecule has 0 saturated carbocycles. The van der Waals surface area contributed by atoms with E-state index in [4.69, 9.17) is 0 Å². The van der Waals surface area contributed by atoms with Gasteiger partial charge >= 0.3 is 5.97 Å². The van der Waals surface area contributed by atoms with Gasteiger partial charge in [-0.3, -0.25) is 4.79 Å². The van der Waals surface area contributed by atoms with Gasteiger partial charge in [-0.15, -0.1) is 0 Å². The Balaban J connectivity index is 2.72. The van der Waals surface area contributed by atoms with Crippen molar-refractivity contribution in [3.63, 3.8) is 0 Å². The van der Waals surface area contributed by atoms with Gasteiger partial charge in [-0.2, -0.15) is 0 Å². The summed E-state index contributed by atoms with van der Waals surface area (Å²) in [5.74, 6) is -0.950. The Morgan fingerprint density at radius 3 is 2.40 bits per heavy atom. The number of rotatable bonds is 4. The molecule has 4 nitrogen and oxygen atoms in total. The zero-order valence-corrected chi connectivity index (χ0v) is 12.2. The average molecular weight is 275 g/mol. The first-order valence-electron chi connectivity index (χ1n) is 6.95. The molecule has 1 N–H and O–H groups in total. The van der Waals surface area contributed by atoms with Gasteiger partial charge in [-0.25, -0.2) is 4.79 Å². The SMILES string of the molecule is CCN(C=O)C1(C(=O)O)CCC(C)(C)c2ccccc21. The molecule has 0 aromatic heterocycles. The third-order valence-electron chi connectivity index (χ3n) is 4.53. The molecule has 1 aliphatic rings. The molecule has 1 amide bonds. The first-order chi connectivity index (χ1) is 9.40. The Kier molecular flexibility index (Phi) is 3.59. The van der Waals surface area contributed by atoms with Crippen molar-refractivity contribution in [2.45, 2.75) is 44.6 Å². The van der Waals surface area contributed by atoms with E-state index in [0.29, 0.717) is 19.4 Å². The normalized spacial score (nSPS) is 23.8. The van der Waals surface area contributed by atoms with E-state index in [0.717, 1.165) is 17.5 Å². The smallest absolute Gasteiger partial charge is 0.334 e. The van der Waals surface area contributed by atoms with E-state index in [1.165, 1.54) is 4.90 Å². The highest BCUT2D eigenvalue weighted by atomic mass is 16.4. The van der Waals surface area contributed by atoms with Crippen molar-refractivity contribution in [3.8, 4) is 0 Å². The van der Waals surface area contributed by atoms with E-state index in [-0.39, 0.29) is 5.41 Å². The van der Waals surface area contributed by atoms with E-state index < -0.39 is 11.5 Å². The summed E-state index contributed by atoms with van der Waals surface area (Å²) in [4.78, 5) is 24.8. The lowest BCUT2D eigenvalue weighted by Gasteiger charge is -2.47. The van der Waals surface area contributed by atoms with E-state index >= 15 is 0 Å². The third kappa shape index (κ3) is 1.90. The van der Waals surface area contributed by atoms with Crippen molar-refractivity contribution < 1.29 is 14.7 Å². The van der Waals surface area contributed by atoms with Crippen LogP contribution in [0.1, 0.15) is 44.7 Å². The Labute approximate surface area is 119 Å². The predicted octanol–water partition coefficient (Wildman–Crippen LogP) is 2.52. The fourth-order valence-corrected chi connectivity index (χ4v) is 3.27. The van der Waals surface area contributed by atoms with Crippen molar-refractivity contribution in [2.24, 2.45) is 0 Å². The van der Waals surface area contributed by atoms with Crippen LogP contribution in [0.3, 0.4) is 0 Å². The number of hydrogen-bond donors (Lipinski definition) is 1. The van der Waals surface area contributed by atoms with Gasteiger partial charge in [0.05, 0.1) is 0 Å². The quantitative estimate of drug-likeness (QED) is 0.859. The van der Waals surface area contributed by atoms with Crippen LogP contribution < -0.4 is 0 Å². The first kappa shape index (κ1) is 14.6. The van der Waals surface area contributed by atoms with Crippen LogP contribution in [0.25, 0.3) is 0 Å². The van der Waals surface area contributed by atoms with Crippen LogP contribution in [0.5, 0.6) is 0 Å². The van der Waals surface area contributed by atoms with Crippen LogP contribution in [0.4, 0.5) is 0 Å². The third-order valence-corrected chi connectivity index (χ3v) is 4.53. The highest BCUT2D eigenvalue weighted by Gasteiger charge is 2.51. The van der Waals surface area contributed by atoms with Gasteiger partial charge < -0.3 is 10.0 Å².